The molecule has 0 fully saturated rings. The number of nitrogens with zero attached hydrogens (tertiary/aromatic N) is 2. The van der Waals surface area contributed by atoms with Crippen molar-refractivity contribution < 1.29 is 20.4 Å². The predicted octanol–water partition coefficient (Wildman–Crippen LogP) is 2.42. The Morgan fingerprint density at radius 3 is 1.12 bits per heavy atom. The molecular weight excluding hydrogens is 444 g/mol. The lowest BCUT2D eigenvalue weighted by Crippen LogP contribution is -2.35. The van der Waals surface area contributed by atoms with Gasteiger partial charge in [0.1, 0.15) is 0 Å². The molecule has 0 aromatic heterocycles. The van der Waals surface area contributed by atoms with Crippen LogP contribution in [0.1, 0.15) is 23.2 Å². The maximum atomic E-state index is 9.51. The maximum Gasteiger partial charge on any atom is 0.0558 e. The third kappa shape index (κ3) is 9.03. The zero-order valence-corrected chi connectivity index (χ0v) is 20.1. The van der Waals surface area contributed by atoms with E-state index in [4.69, 9.17) is 0 Å². The highest BCUT2D eigenvalue weighted by molar-refractivity contribution is 8.76. The Hall–Kier alpha value is -1.10. The minimum absolute atomic E-state index is 0.0501. The first-order valence-corrected chi connectivity index (χ1v) is 13.5. The van der Waals surface area contributed by atoms with Gasteiger partial charge in [-0.3, -0.25) is 9.80 Å². The smallest absolute Gasteiger partial charge is 0.0558 e. The number of rotatable bonds is 17. The van der Waals surface area contributed by atoms with Gasteiger partial charge in [-0.25, -0.2) is 0 Å². The highest BCUT2D eigenvalue weighted by atomic mass is 33.1. The largest absolute Gasteiger partial charge is 0.395 e. The number of aliphatic hydroxyl groups is 4. The highest BCUT2D eigenvalue weighted by Gasteiger charge is 2.22. The van der Waals surface area contributed by atoms with Crippen LogP contribution in [0.3, 0.4) is 0 Å². The van der Waals surface area contributed by atoms with Gasteiger partial charge in [0.15, 0.2) is 0 Å². The van der Waals surface area contributed by atoms with Crippen LogP contribution in [0.5, 0.6) is 0 Å². The van der Waals surface area contributed by atoms with E-state index in [0.717, 1.165) is 11.5 Å². The second kappa shape index (κ2) is 16.5. The van der Waals surface area contributed by atoms with Crippen molar-refractivity contribution in [3.8, 4) is 0 Å². The fraction of sp³-hybridized carbons (Fsp3) is 0.500. The Balaban J connectivity index is 2.06. The van der Waals surface area contributed by atoms with E-state index in [1.807, 2.05) is 36.4 Å². The summed E-state index contributed by atoms with van der Waals surface area (Å²) in [5.74, 6) is 1.63. The van der Waals surface area contributed by atoms with E-state index in [9.17, 15) is 20.4 Å². The van der Waals surface area contributed by atoms with Crippen molar-refractivity contribution in [2.45, 2.75) is 12.1 Å². The molecule has 2 rings (SSSR count). The van der Waals surface area contributed by atoms with E-state index < -0.39 is 0 Å². The van der Waals surface area contributed by atoms with Gasteiger partial charge < -0.3 is 20.4 Å². The lowest BCUT2D eigenvalue weighted by atomic mass is 10.1. The van der Waals surface area contributed by atoms with Crippen LogP contribution < -0.4 is 0 Å². The average Bonchev–Trinajstić information content (AvgIpc) is 2.83. The van der Waals surface area contributed by atoms with Crippen molar-refractivity contribution in [1.82, 2.24) is 9.80 Å². The van der Waals surface area contributed by atoms with Crippen molar-refractivity contribution in [2.75, 3.05) is 64.1 Å². The van der Waals surface area contributed by atoms with Gasteiger partial charge in [-0.05, 0) is 11.1 Å². The topological polar surface area (TPSA) is 87.4 Å². The van der Waals surface area contributed by atoms with Crippen molar-refractivity contribution in [1.29, 1.82) is 0 Å². The van der Waals surface area contributed by atoms with Crippen LogP contribution in [-0.4, -0.2) is 94.3 Å². The molecule has 32 heavy (non-hydrogen) atoms. The standard InChI is InChI=1S/C24H36N2O4S2/c27-15-11-25(12-16-28)23(21-7-3-1-4-8-21)19-31-32-20-24(22-9-5-2-6-10-22)26(13-17-29)14-18-30/h1-10,23-24,27-30H,11-20H2. The second-order valence-electron chi connectivity index (χ2n) is 7.39. The Bertz CT molecular complexity index is 638. The first-order valence-electron chi connectivity index (χ1n) is 11.0. The molecular formula is C24H36N2O4S2. The third-order valence-electron chi connectivity index (χ3n) is 5.33. The summed E-state index contributed by atoms with van der Waals surface area (Å²) in [5.41, 5.74) is 2.34. The molecule has 2 atom stereocenters. The van der Waals surface area contributed by atoms with E-state index in [0.29, 0.717) is 26.2 Å². The number of aliphatic hydroxyl groups excluding tert-OH is 4. The van der Waals surface area contributed by atoms with Gasteiger partial charge in [-0.2, -0.15) is 0 Å². The number of hydrogen-bond donors (Lipinski definition) is 4. The van der Waals surface area contributed by atoms with E-state index in [1.165, 1.54) is 11.1 Å². The van der Waals surface area contributed by atoms with Gasteiger partial charge in [-0.15, -0.1) is 0 Å². The zero-order valence-electron chi connectivity index (χ0n) is 18.5. The van der Waals surface area contributed by atoms with E-state index in [2.05, 4.69) is 34.1 Å². The summed E-state index contributed by atoms with van der Waals surface area (Å²) in [6.07, 6.45) is 0. The molecule has 0 saturated heterocycles. The Morgan fingerprint density at radius 1 is 0.531 bits per heavy atom. The lowest BCUT2D eigenvalue weighted by Gasteiger charge is -2.32. The molecule has 0 radical (unpaired) electrons. The molecule has 2 aromatic rings. The number of hydrogen-bond acceptors (Lipinski definition) is 8. The summed E-state index contributed by atoms with van der Waals surface area (Å²) in [4.78, 5) is 4.25. The van der Waals surface area contributed by atoms with E-state index >= 15 is 0 Å². The molecule has 0 aliphatic rings. The molecule has 8 heteroatoms. The average molecular weight is 481 g/mol. The van der Waals surface area contributed by atoms with Crippen molar-refractivity contribution >= 4 is 21.6 Å². The molecule has 0 saturated carbocycles. The normalized spacial score (nSPS) is 13.6. The van der Waals surface area contributed by atoms with Gasteiger partial charge in [0, 0.05) is 49.8 Å². The van der Waals surface area contributed by atoms with Gasteiger partial charge >= 0.3 is 0 Å². The molecule has 0 aliphatic heterocycles. The van der Waals surface area contributed by atoms with Crippen molar-refractivity contribution in [3.05, 3.63) is 71.8 Å². The summed E-state index contributed by atoms with van der Waals surface area (Å²) in [6.45, 7) is 2.25. The second-order valence-corrected chi connectivity index (χ2v) is 9.94. The third-order valence-corrected chi connectivity index (χ3v) is 7.72. The SMILES string of the molecule is OCCN(CCO)C(CSSCC(c1ccccc1)N(CCO)CCO)c1ccccc1. The number of benzene rings is 2. The van der Waals surface area contributed by atoms with Crippen molar-refractivity contribution in [3.63, 3.8) is 0 Å². The van der Waals surface area contributed by atoms with E-state index in [1.54, 1.807) is 21.6 Å². The molecule has 0 aliphatic carbocycles. The lowest BCUT2D eigenvalue weighted by molar-refractivity contribution is 0.130. The van der Waals surface area contributed by atoms with Gasteiger partial charge in [0.25, 0.3) is 0 Å². The van der Waals surface area contributed by atoms with Crippen LogP contribution in [0.25, 0.3) is 0 Å². The molecule has 0 bridgehead atoms. The Labute approximate surface area is 199 Å². The van der Waals surface area contributed by atoms with E-state index in [-0.39, 0.29) is 38.5 Å². The summed E-state index contributed by atoms with van der Waals surface area (Å²) in [5, 5.41) is 38.0. The minimum atomic E-state index is 0.0501. The van der Waals surface area contributed by atoms with Gasteiger partial charge in [0.05, 0.1) is 26.4 Å². The minimum Gasteiger partial charge on any atom is -0.395 e. The summed E-state index contributed by atoms with van der Waals surface area (Å²) >= 11 is 0. The zero-order chi connectivity index (χ0) is 23.0. The molecule has 2 unspecified atom stereocenters. The Kier molecular flexibility index (Phi) is 14.0. The van der Waals surface area contributed by atoms with Crippen LogP contribution in [0.2, 0.25) is 0 Å². The first kappa shape index (κ1) is 27.1. The van der Waals surface area contributed by atoms with Crippen LogP contribution in [0.15, 0.2) is 60.7 Å². The van der Waals surface area contributed by atoms with Crippen LogP contribution in [0, 0.1) is 0 Å². The van der Waals surface area contributed by atoms with Gasteiger partial charge in [-0.1, -0.05) is 82.3 Å². The van der Waals surface area contributed by atoms with Crippen LogP contribution >= 0.6 is 21.6 Å². The molecule has 6 nitrogen and oxygen atoms in total. The molecule has 0 spiro atoms. The fourth-order valence-electron chi connectivity index (χ4n) is 3.76. The maximum absolute atomic E-state index is 9.51. The summed E-state index contributed by atoms with van der Waals surface area (Å²) in [7, 11) is 3.55. The van der Waals surface area contributed by atoms with Crippen molar-refractivity contribution in [2.24, 2.45) is 0 Å². The van der Waals surface area contributed by atoms with Crippen LogP contribution in [0.4, 0.5) is 0 Å². The fourth-order valence-corrected chi connectivity index (χ4v) is 6.37. The predicted molar refractivity (Wildman–Crippen MR) is 135 cm³/mol. The quantitative estimate of drug-likeness (QED) is 0.203. The summed E-state index contributed by atoms with van der Waals surface area (Å²) in [6, 6.07) is 20.6. The molecule has 0 heterocycles. The summed E-state index contributed by atoms with van der Waals surface area (Å²) < 4.78 is 0. The molecule has 178 valence electrons. The monoisotopic (exact) mass is 480 g/mol. The molecule has 4 N–H and O–H groups in total. The first-order chi connectivity index (χ1) is 15.7. The molecule has 2 aromatic carbocycles. The van der Waals surface area contributed by atoms with Gasteiger partial charge in [0.2, 0.25) is 0 Å². The Morgan fingerprint density at radius 2 is 0.844 bits per heavy atom. The molecule has 0 amide bonds. The van der Waals surface area contributed by atoms with Crippen LogP contribution in [-0.2, 0) is 0 Å². The highest BCUT2D eigenvalue weighted by Crippen LogP contribution is 2.35.